The van der Waals surface area contributed by atoms with E-state index in [1.54, 1.807) is 12.1 Å². The Morgan fingerprint density at radius 2 is 1.65 bits per heavy atom. The molecule has 0 heterocycles. The number of allylic oxidation sites excluding steroid dienone is 6. The van der Waals surface area contributed by atoms with Gasteiger partial charge in [0.05, 0.1) is 0 Å². The van der Waals surface area contributed by atoms with E-state index in [-0.39, 0.29) is 29.2 Å². The van der Waals surface area contributed by atoms with E-state index in [2.05, 4.69) is 6.08 Å². The summed E-state index contributed by atoms with van der Waals surface area (Å²) in [6.07, 6.45) is 7.93. The third-order valence-electron chi connectivity index (χ3n) is 5.26. The lowest BCUT2D eigenvalue weighted by Crippen LogP contribution is -2.35. The Morgan fingerprint density at radius 1 is 0.957 bits per heavy atom. The Balaban J connectivity index is 1.60. The SMILES string of the molecule is O=C1C=CC(=O)C2CC3=C(CC=C(c4cccc(F)c4)C3)CC12. The van der Waals surface area contributed by atoms with E-state index < -0.39 is 0 Å². The van der Waals surface area contributed by atoms with Gasteiger partial charge in [0, 0.05) is 11.8 Å². The lowest BCUT2D eigenvalue weighted by Gasteiger charge is -2.35. The second-order valence-electron chi connectivity index (χ2n) is 6.59. The quantitative estimate of drug-likeness (QED) is 0.734. The Hall–Kier alpha value is -2.29. The van der Waals surface area contributed by atoms with Crippen molar-refractivity contribution >= 4 is 17.1 Å². The topological polar surface area (TPSA) is 34.1 Å². The molecule has 0 aromatic heterocycles. The predicted molar refractivity (Wildman–Crippen MR) is 86.0 cm³/mol. The van der Waals surface area contributed by atoms with E-state index in [0.717, 1.165) is 24.0 Å². The van der Waals surface area contributed by atoms with Crippen molar-refractivity contribution in [2.24, 2.45) is 11.8 Å². The van der Waals surface area contributed by atoms with Gasteiger partial charge in [-0.25, -0.2) is 4.39 Å². The van der Waals surface area contributed by atoms with Crippen LogP contribution < -0.4 is 0 Å². The Labute approximate surface area is 134 Å². The van der Waals surface area contributed by atoms with E-state index in [0.29, 0.717) is 12.8 Å². The number of carbonyl (C=O) groups is 2. The number of halogens is 1. The van der Waals surface area contributed by atoms with Crippen molar-refractivity contribution < 1.29 is 14.0 Å². The first-order valence-corrected chi connectivity index (χ1v) is 8.02. The van der Waals surface area contributed by atoms with Gasteiger partial charge in [-0.05, 0) is 61.1 Å². The highest BCUT2D eigenvalue weighted by Crippen LogP contribution is 2.44. The number of fused-ring (bicyclic) bond motifs is 1. The molecular weight excluding hydrogens is 291 g/mol. The van der Waals surface area contributed by atoms with Crippen LogP contribution in [0.5, 0.6) is 0 Å². The summed E-state index contributed by atoms with van der Waals surface area (Å²) in [5.74, 6) is -0.442. The standard InChI is InChI=1S/C20H17FO2/c21-16-3-1-2-12(9-16)13-4-5-14-10-17-18(11-15(14)8-13)20(23)7-6-19(17)22/h1-4,6-7,9,17-18H,5,8,10-11H2. The van der Waals surface area contributed by atoms with Gasteiger partial charge in [0.15, 0.2) is 11.6 Å². The number of ketones is 2. The van der Waals surface area contributed by atoms with E-state index in [4.69, 9.17) is 0 Å². The molecule has 3 aliphatic carbocycles. The van der Waals surface area contributed by atoms with Crippen LogP contribution in [0.15, 0.2) is 53.6 Å². The molecule has 0 bridgehead atoms. The van der Waals surface area contributed by atoms with Crippen molar-refractivity contribution in [1.29, 1.82) is 0 Å². The van der Waals surface area contributed by atoms with Crippen LogP contribution in [0, 0.1) is 17.7 Å². The zero-order chi connectivity index (χ0) is 16.0. The Morgan fingerprint density at radius 3 is 2.35 bits per heavy atom. The first-order valence-electron chi connectivity index (χ1n) is 8.02. The van der Waals surface area contributed by atoms with Crippen LogP contribution in [0.4, 0.5) is 4.39 Å². The van der Waals surface area contributed by atoms with Crippen LogP contribution in [0.2, 0.25) is 0 Å². The molecular formula is C20H17FO2. The minimum absolute atomic E-state index is 0.0722. The maximum Gasteiger partial charge on any atom is 0.159 e. The molecule has 0 saturated heterocycles. The van der Waals surface area contributed by atoms with E-state index in [9.17, 15) is 14.0 Å². The van der Waals surface area contributed by atoms with E-state index in [1.807, 2.05) is 6.07 Å². The van der Waals surface area contributed by atoms with Gasteiger partial charge in [-0.2, -0.15) is 0 Å². The molecule has 0 amide bonds. The van der Waals surface area contributed by atoms with Gasteiger partial charge in [0.2, 0.25) is 0 Å². The summed E-state index contributed by atoms with van der Waals surface area (Å²) in [4.78, 5) is 24.2. The summed E-state index contributed by atoms with van der Waals surface area (Å²) in [5, 5.41) is 0. The monoisotopic (exact) mass is 308 g/mol. The molecule has 0 N–H and O–H groups in total. The van der Waals surface area contributed by atoms with Crippen molar-refractivity contribution in [1.82, 2.24) is 0 Å². The fourth-order valence-corrected chi connectivity index (χ4v) is 3.99. The Kier molecular flexibility index (Phi) is 3.37. The lowest BCUT2D eigenvalue weighted by molar-refractivity contribution is -0.129. The molecule has 2 unspecified atom stereocenters. The molecule has 3 aliphatic rings. The fourth-order valence-electron chi connectivity index (χ4n) is 3.99. The summed E-state index contributed by atoms with van der Waals surface area (Å²) in [6.45, 7) is 0. The normalized spacial score (nSPS) is 26.7. The summed E-state index contributed by atoms with van der Waals surface area (Å²) in [6, 6.07) is 6.65. The van der Waals surface area contributed by atoms with Gasteiger partial charge in [-0.3, -0.25) is 9.59 Å². The molecule has 0 aliphatic heterocycles. The van der Waals surface area contributed by atoms with Gasteiger partial charge in [-0.15, -0.1) is 0 Å². The van der Waals surface area contributed by atoms with Gasteiger partial charge in [0.1, 0.15) is 5.82 Å². The summed E-state index contributed by atoms with van der Waals surface area (Å²) >= 11 is 0. The number of benzene rings is 1. The largest absolute Gasteiger partial charge is 0.295 e. The van der Waals surface area contributed by atoms with Crippen molar-refractivity contribution in [3.8, 4) is 0 Å². The third kappa shape index (κ3) is 2.50. The number of hydrogen-bond donors (Lipinski definition) is 0. The van der Waals surface area contributed by atoms with Crippen LogP contribution >= 0.6 is 0 Å². The van der Waals surface area contributed by atoms with E-state index in [1.165, 1.54) is 29.4 Å². The highest BCUT2D eigenvalue weighted by atomic mass is 19.1. The molecule has 0 spiro atoms. The predicted octanol–water partition coefficient (Wildman–Crippen LogP) is 4.03. The van der Waals surface area contributed by atoms with Crippen LogP contribution in [-0.4, -0.2) is 11.6 Å². The smallest absolute Gasteiger partial charge is 0.159 e. The molecule has 116 valence electrons. The minimum Gasteiger partial charge on any atom is -0.295 e. The van der Waals surface area contributed by atoms with Gasteiger partial charge >= 0.3 is 0 Å². The van der Waals surface area contributed by atoms with Crippen molar-refractivity contribution in [2.75, 3.05) is 0 Å². The fraction of sp³-hybridized carbons (Fsp3) is 0.300. The minimum atomic E-state index is -0.231. The average Bonchev–Trinajstić information content (AvgIpc) is 2.56. The highest BCUT2D eigenvalue weighted by molar-refractivity contribution is 6.07. The first-order chi connectivity index (χ1) is 11.1. The van der Waals surface area contributed by atoms with Gasteiger partial charge < -0.3 is 0 Å². The molecule has 23 heavy (non-hydrogen) atoms. The van der Waals surface area contributed by atoms with Crippen LogP contribution in [0.3, 0.4) is 0 Å². The number of hydrogen-bond acceptors (Lipinski definition) is 2. The van der Waals surface area contributed by atoms with E-state index >= 15 is 0 Å². The molecule has 2 atom stereocenters. The van der Waals surface area contributed by atoms with Crippen LogP contribution in [0.1, 0.15) is 31.2 Å². The molecule has 0 saturated carbocycles. The number of carbonyl (C=O) groups excluding carboxylic acids is 2. The first kappa shape index (κ1) is 14.3. The molecule has 0 radical (unpaired) electrons. The second kappa shape index (κ2) is 5.41. The number of rotatable bonds is 1. The van der Waals surface area contributed by atoms with Gasteiger partial charge in [0.25, 0.3) is 0 Å². The van der Waals surface area contributed by atoms with Crippen molar-refractivity contribution in [3.05, 3.63) is 65.0 Å². The zero-order valence-electron chi connectivity index (χ0n) is 12.7. The summed E-state index contributed by atoms with van der Waals surface area (Å²) in [7, 11) is 0. The van der Waals surface area contributed by atoms with Crippen LogP contribution in [-0.2, 0) is 9.59 Å². The third-order valence-corrected chi connectivity index (χ3v) is 5.26. The molecule has 3 heteroatoms. The maximum atomic E-state index is 13.4. The average molecular weight is 308 g/mol. The summed E-state index contributed by atoms with van der Waals surface area (Å²) in [5.41, 5.74) is 4.59. The molecule has 1 aromatic carbocycles. The lowest BCUT2D eigenvalue weighted by atomic mass is 9.67. The molecule has 1 aromatic rings. The van der Waals surface area contributed by atoms with Crippen LogP contribution in [0.25, 0.3) is 5.57 Å². The summed E-state index contributed by atoms with van der Waals surface area (Å²) < 4.78 is 13.4. The highest BCUT2D eigenvalue weighted by Gasteiger charge is 2.39. The second-order valence-corrected chi connectivity index (χ2v) is 6.59. The zero-order valence-corrected chi connectivity index (χ0v) is 12.7. The van der Waals surface area contributed by atoms with Gasteiger partial charge in [-0.1, -0.05) is 29.4 Å². The van der Waals surface area contributed by atoms with Crippen molar-refractivity contribution in [2.45, 2.75) is 25.7 Å². The van der Waals surface area contributed by atoms with Crippen molar-refractivity contribution in [3.63, 3.8) is 0 Å². The molecule has 2 nitrogen and oxygen atoms in total. The Bertz CT molecular complexity index is 798. The maximum absolute atomic E-state index is 13.4. The molecule has 0 fully saturated rings. The molecule has 4 rings (SSSR count).